The van der Waals surface area contributed by atoms with E-state index in [-0.39, 0.29) is 17.3 Å². The van der Waals surface area contributed by atoms with Gasteiger partial charge >= 0.3 is 0 Å². The Labute approximate surface area is 166 Å². The molecule has 7 nitrogen and oxygen atoms in total. The highest BCUT2D eigenvalue weighted by Crippen LogP contribution is 2.15. The number of rotatable bonds is 7. The molecule has 0 aliphatic carbocycles. The minimum atomic E-state index is -3.63. The van der Waals surface area contributed by atoms with Gasteiger partial charge < -0.3 is 5.32 Å². The molecular weight excluding hydrogens is 376 g/mol. The smallest absolute Gasteiger partial charge is 0.240 e. The number of sulfonamides is 1. The monoisotopic (exact) mass is 402 g/mol. The zero-order valence-corrected chi connectivity index (χ0v) is 16.6. The van der Waals surface area contributed by atoms with E-state index in [4.69, 9.17) is 0 Å². The van der Waals surface area contributed by atoms with Gasteiger partial charge in [-0.25, -0.2) is 13.1 Å². The maximum Gasteiger partial charge on any atom is 0.240 e. The third kappa shape index (κ3) is 6.12. The standard InChI is InChI=1S/C20H26N4O3S/c25-20(16-24-12-3-1-2-4-13-24)23-18-7-9-19(10-8-18)28(26,27)22-15-17-6-5-11-21-14-17/h5-11,14,22H,1-4,12-13,15-16H2,(H,23,25). The molecule has 1 aliphatic heterocycles. The van der Waals surface area contributed by atoms with Gasteiger partial charge in [0.2, 0.25) is 15.9 Å². The number of hydrogen-bond donors (Lipinski definition) is 2. The molecule has 1 saturated heterocycles. The Morgan fingerprint density at radius 3 is 2.39 bits per heavy atom. The predicted octanol–water partition coefficient (Wildman–Crippen LogP) is 2.37. The molecule has 1 aromatic carbocycles. The normalized spacial score (nSPS) is 15.7. The highest BCUT2D eigenvalue weighted by atomic mass is 32.2. The maximum atomic E-state index is 12.4. The van der Waals surface area contributed by atoms with Crippen molar-refractivity contribution in [3.63, 3.8) is 0 Å². The Bertz CT molecular complexity index is 862. The van der Waals surface area contributed by atoms with Crippen molar-refractivity contribution in [2.75, 3.05) is 25.0 Å². The minimum absolute atomic E-state index is 0.0767. The van der Waals surface area contributed by atoms with Gasteiger partial charge in [0.25, 0.3) is 0 Å². The molecule has 0 bridgehead atoms. The molecule has 1 aromatic heterocycles. The topological polar surface area (TPSA) is 91.4 Å². The van der Waals surface area contributed by atoms with Crippen molar-refractivity contribution in [1.82, 2.24) is 14.6 Å². The van der Waals surface area contributed by atoms with E-state index in [1.807, 2.05) is 0 Å². The summed E-state index contributed by atoms with van der Waals surface area (Å²) >= 11 is 0. The molecule has 2 N–H and O–H groups in total. The number of amides is 1. The molecule has 2 aromatic rings. The van der Waals surface area contributed by atoms with E-state index in [1.165, 1.54) is 25.0 Å². The van der Waals surface area contributed by atoms with Gasteiger partial charge in [0, 0.05) is 24.6 Å². The molecule has 0 radical (unpaired) electrons. The Hall–Kier alpha value is -2.29. The first-order valence-electron chi connectivity index (χ1n) is 9.54. The molecule has 150 valence electrons. The number of likely N-dealkylation sites (tertiary alicyclic amines) is 1. The number of nitrogens with zero attached hydrogens (tertiary/aromatic N) is 2. The van der Waals surface area contributed by atoms with E-state index in [2.05, 4.69) is 19.9 Å². The highest BCUT2D eigenvalue weighted by molar-refractivity contribution is 7.89. The lowest BCUT2D eigenvalue weighted by Crippen LogP contribution is -2.33. The summed E-state index contributed by atoms with van der Waals surface area (Å²) in [6, 6.07) is 9.77. The lowest BCUT2D eigenvalue weighted by atomic mass is 10.2. The second kappa shape index (κ2) is 9.77. The summed E-state index contributed by atoms with van der Waals surface area (Å²) in [5, 5.41) is 2.84. The molecule has 0 spiro atoms. The van der Waals surface area contributed by atoms with E-state index in [9.17, 15) is 13.2 Å². The van der Waals surface area contributed by atoms with E-state index < -0.39 is 10.0 Å². The number of carbonyl (C=O) groups excluding carboxylic acids is 1. The fourth-order valence-corrected chi connectivity index (χ4v) is 4.20. The molecule has 0 unspecified atom stereocenters. The van der Waals surface area contributed by atoms with Crippen molar-refractivity contribution >= 4 is 21.6 Å². The van der Waals surface area contributed by atoms with Crippen molar-refractivity contribution in [2.24, 2.45) is 0 Å². The number of nitrogens with one attached hydrogen (secondary N) is 2. The Kier molecular flexibility index (Phi) is 7.13. The maximum absolute atomic E-state index is 12.4. The molecule has 0 saturated carbocycles. The van der Waals surface area contributed by atoms with Gasteiger partial charge in [-0.2, -0.15) is 0 Å². The average molecular weight is 403 g/mol. The summed E-state index contributed by atoms with van der Waals surface area (Å²) in [5.41, 5.74) is 1.37. The lowest BCUT2D eigenvalue weighted by molar-refractivity contribution is -0.117. The van der Waals surface area contributed by atoms with Gasteiger partial charge in [-0.3, -0.25) is 14.7 Å². The Balaban J connectivity index is 1.54. The SMILES string of the molecule is O=C(CN1CCCCCC1)Nc1ccc(S(=O)(=O)NCc2cccnc2)cc1. The third-order valence-electron chi connectivity index (χ3n) is 4.70. The van der Waals surface area contributed by atoms with Crippen molar-refractivity contribution in [3.05, 3.63) is 54.4 Å². The van der Waals surface area contributed by atoms with Crippen LogP contribution in [0, 0.1) is 0 Å². The summed E-state index contributed by atoms with van der Waals surface area (Å²) < 4.78 is 27.4. The molecule has 2 heterocycles. The zero-order chi connectivity index (χ0) is 19.8. The van der Waals surface area contributed by atoms with Gasteiger partial charge in [-0.1, -0.05) is 18.9 Å². The summed E-state index contributed by atoms with van der Waals surface area (Å²) in [5.74, 6) is -0.0767. The van der Waals surface area contributed by atoms with Gasteiger partial charge in [0.05, 0.1) is 11.4 Å². The van der Waals surface area contributed by atoms with Crippen molar-refractivity contribution in [1.29, 1.82) is 0 Å². The second-order valence-electron chi connectivity index (χ2n) is 6.95. The largest absolute Gasteiger partial charge is 0.325 e. The average Bonchev–Trinajstić information content (AvgIpc) is 2.96. The first kappa shape index (κ1) is 20.4. The Morgan fingerprint density at radius 2 is 1.75 bits per heavy atom. The number of carbonyl (C=O) groups is 1. The number of benzene rings is 1. The first-order chi connectivity index (χ1) is 13.5. The van der Waals surface area contributed by atoms with Crippen LogP contribution in [0.3, 0.4) is 0 Å². The second-order valence-corrected chi connectivity index (χ2v) is 8.72. The predicted molar refractivity (Wildman–Crippen MR) is 108 cm³/mol. The van der Waals surface area contributed by atoms with Crippen LogP contribution >= 0.6 is 0 Å². The van der Waals surface area contributed by atoms with Crippen LogP contribution in [0.2, 0.25) is 0 Å². The van der Waals surface area contributed by atoms with Crippen LogP contribution in [0.1, 0.15) is 31.2 Å². The quantitative estimate of drug-likeness (QED) is 0.742. The van der Waals surface area contributed by atoms with E-state index >= 15 is 0 Å². The molecule has 1 amide bonds. The van der Waals surface area contributed by atoms with Crippen LogP contribution < -0.4 is 10.0 Å². The van der Waals surface area contributed by atoms with Gasteiger partial charge in [-0.15, -0.1) is 0 Å². The highest BCUT2D eigenvalue weighted by Gasteiger charge is 2.15. The fourth-order valence-electron chi connectivity index (χ4n) is 3.18. The molecule has 1 fully saturated rings. The molecule has 28 heavy (non-hydrogen) atoms. The summed E-state index contributed by atoms with van der Waals surface area (Å²) in [6.07, 6.45) is 7.97. The van der Waals surface area contributed by atoms with Crippen LogP contribution in [-0.4, -0.2) is 43.8 Å². The minimum Gasteiger partial charge on any atom is -0.325 e. The van der Waals surface area contributed by atoms with E-state index in [0.29, 0.717) is 12.2 Å². The summed E-state index contributed by atoms with van der Waals surface area (Å²) in [7, 11) is -3.63. The summed E-state index contributed by atoms with van der Waals surface area (Å²) in [6.45, 7) is 2.44. The number of aromatic nitrogens is 1. The Morgan fingerprint density at radius 1 is 1.04 bits per heavy atom. The van der Waals surface area contributed by atoms with Crippen LogP contribution in [-0.2, 0) is 21.4 Å². The van der Waals surface area contributed by atoms with Crippen molar-refractivity contribution in [2.45, 2.75) is 37.1 Å². The van der Waals surface area contributed by atoms with E-state index in [0.717, 1.165) is 31.5 Å². The van der Waals surface area contributed by atoms with Crippen LogP contribution in [0.5, 0.6) is 0 Å². The van der Waals surface area contributed by atoms with Crippen molar-refractivity contribution in [3.8, 4) is 0 Å². The number of anilines is 1. The zero-order valence-electron chi connectivity index (χ0n) is 15.8. The van der Waals surface area contributed by atoms with E-state index in [1.54, 1.807) is 36.7 Å². The molecule has 0 atom stereocenters. The third-order valence-corrected chi connectivity index (χ3v) is 6.12. The van der Waals surface area contributed by atoms with Gasteiger partial charge in [-0.05, 0) is 61.8 Å². The first-order valence-corrected chi connectivity index (χ1v) is 11.0. The molecule has 3 rings (SSSR count). The van der Waals surface area contributed by atoms with Crippen LogP contribution in [0.15, 0.2) is 53.7 Å². The number of pyridine rings is 1. The molecule has 8 heteroatoms. The molecule has 1 aliphatic rings. The molecular formula is C20H26N4O3S. The summed E-state index contributed by atoms with van der Waals surface area (Å²) in [4.78, 5) is 18.5. The van der Waals surface area contributed by atoms with Crippen LogP contribution in [0.4, 0.5) is 5.69 Å². The van der Waals surface area contributed by atoms with Gasteiger partial charge in [0.15, 0.2) is 0 Å². The fraction of sp³-hybridized carbons (Fsp3) is 0.400. The lowest BCUT2D eigenvalue weighted by Gasteiger charge is -2.19. The van der Waals surface area contributed by atoms with Crippen LogP contribution in [0.25, 0.3) is 0 Å². The van der Waals surface area contributed by atoms with Crippen molar-refractivity contribution < 1.29 is 13.2 Å². The number of hydrogen-bond acceptors (Lipinski definition) is 5. The van der Waals surface area contributed by atoms with Gasteiger partial charge in [0.1, 0.15) is 0 Å².